The predicted octanol–water partition coefficient (Wildman–Crippen LogP) is 3.70. The molecule has 1 fully saturated rings. The van der Waals surface area contributed by atoms with E-state index < -0.39 is 0 Å². The Morgan fingerprint density at radius 2 is 1.90 bits per heavy atom. The van der Waals surface area contributed by atoms with Gasteiger partial charge in [-0.3, -0.25) is 4.79 Å². The van der Waals surface area contributed by atoms with Gasteiger partial charge in [-0.05, 0) is 54.7 Å². The average molecular weight is 288 g/mol. The number of hydrogen-bond donors (Lipinski definition) is 2. The van der Waals surface area contributed by atoms with Crippen LogP contribution in [0.25, 0.3) is 0 Å². The van der Waals surface area contributed by atoms with Crippen molar-refractivity contribution in [1.29, 1.82) is 0 Å². The minimum absolute atomic E-state index is 0.172. The number of carbonyl (C=O) groups excluding carboxylic acids is 1. The molecule has 1 aromatic rings. The summed E-state index contributed by atoms with van der Waals surface area (Å²) in [7, 11) is 0. The smallest absolute Gasteiger partial charge is 0.220 e. The van der Waals surface area contributed by atoms with Gasteiger partial charge in [-0.1, -0.05) is 32.9 Å². The molecule has 0 heterocycles. The number of carbonyl (C=O) groups is 1. The van der Waals surface area contributed by atoms with Crippen molar-refractivity contribution >= 4 is 11.6 Å². The molecule has 0 radical (unpaired) electrons. The van der Waals surface area contributed by atoms with Crippen LogP contribution in [-0.4, -0.2) is 11.9 Å². The Labute approximate surface area is 128 Å². The van der Waals surface area contributed by atoms with E-state index in [4.69, 9.17) is 5.73 Å². The maximum atomic E-state index is 12.2. The molecule has 1 aliphatic carbocycles. The average Bonchev–Trinajstić information content (AvgIpc) is 2.43. The van der Waals surface area contributed by atoms with Crippen molar-refractivity contribution in [3.8, 4) is 0 Å². The minimum atomic E-state index is 0.172. The summed E-state index contributed by atoms with van der Waals surface area (Å²) < 4.78 is 0. The second-order valence-electron chi connectivity index (χ2n) is 6.80. The molecule has 0 saturated heterocycles. The van der Waals surface area contributed by atoms with Crippen molar-refractivity contribution in [3.05, 3.63) is 29.8 Å². The van der Waals surface area contributed by atoms with E-state index >= 15 is 0 Å². The van der Waals surface area contributed by atoms with Crippen LogP contribution in [0.1, 0.15) is 57.9 Å². The summed E-state index contributed by atoms with van der Waals surface area (Å²) in [4.78, 5) is 12.2. The first-order chi connectivity index (χ1) is 9.95. The molecule has 0 aliphatic heterocycles. The Bertz CT molecular complexity index is 469. The van der Waals surface area contributed by atoms with Gasteiger partial charge in [-0.25, -0.2) is 0 Å². The monoisotopic (exact) mass is 288 g/mol. The highest BCUT2D eigenvalue weighted by Crippen LogP contribution is 2.29. The van der Waals surface area contributed by atoms with Crippen LogP contribution >= 0.6 is 0 Å². The molecule has 3 N–H and O–H groups in total. The molecule has 0 aromatic heterocycles. The highest BCUT2D eigenvalue weighted by Gasteiger charge is 2.25. The number of nitrogens with one attached hydrogen (secondary N) is 1. The lowest BCUT2D eigenvalue weighted by molar-refractivity contribution is -0.122. The SMILES string of the molecule is CC(CC(=O)NC1CCC(C)C(C)C1)c1ccc(N)cc1. The molecule has 1 aliphatic rings. The second-order valence-corrected chi connectivity index (χ2v) is 6.80. The van der Waals surface area contributed by atoms with Crippen molar-refractivity contribution in [2.75, 3.05) is 5.73 Å². The van der Waals surface area contributed by atoms with Crippen molar-refractivity contribution < 1.29 is 4.79 Å². The first-order valence-electron chi connectivity index (χ1n) is 8.10. The molecule has 2 rings (SSSR count). The van der Waals surface area contributed by atoms with Gasteiger partial charge >= 0.3 is 0 Å². The normalized spacial score (nSPS) is 27.1. The van der Waals surface area contributed by atoms with Crippen LogP contribution in [0.5, 0.6) is 0 Å². The summed E-state index contributed by atoms with van der Waals surface area (Å²) in [5.41, 5.74) is 7.63. The standard InChI is InChI=1S/C18H28N2O/c1-12-4-9-17(10-13(12)2)20-18(21)11-14(3)15-5-7-16(19)8-6-15/h5-8,12-14,17H,4,9-11,19H2,1-3H3,(H,20,21). The van der Waals surface area contributed by atoms with Gasteiger partial charge in [-0.2, -0.15) is 0 Å². The van der Waals surface area contributed by atoms with E-state index in [1.165, 1.54) is 12.0 Å². The molecule has 116 valence electrons. The summed E-state index contributed by atoms with van der Waals surface area (Å²) in [6.45, 7) is 6.70. The third kappa shape index (κ3) is 4.48. The molecule has 3 nitrogen and oxygen atoms in total. The molecule has 1 aromatic carbocycles. The van der Waals surface area contributed by atoms with Gasteiger partial charge in [0.1, 0.15) is 0 Å². The Balaban J connectivity index is 1.82. The Morgan fingerprint density at radius 3 is 2.52 bits per heavy atom. The first-order valence-corrected chi connectivity index (χ1v) is 8.10. The lowest BCUT2D eigenvalue weighted by Gasteiger charge is -2.32. The van der Waals surface area contributed by atoms with Crippen LogP contribution in [0.4, 0.5) is 5.69 Å². The Hall–Kier alpha value is -1.51. The van der Waals surface area contributed by atoms with E-state index in [1.54, 1.807) is 0 Å². The third-order valence-corrected chi connectivity index (χ3v) is 4.96. The molecule has 21 heavy (non-hydrogen) atoms. The van der Waals surface area contributed by atoms with Crippen molar-refractivity contribution in [1.82, 2.24) is 5.32 Å². The zero-order valence-electron chi connectivity index (χ0n) is 13.4. The number of nitrogen functional groups attached to an aromatic ring is 1. The van der Waals surface area contributed by atoms with Gasteiger partial charge in [0, 0.05) is 18.2 Å². The summed E-state index contributed by atoms with van der Waals surface area (Å²) >= 11 is 0. The maximum absolute atomic E-state index is 12.2. The van der Waals surface area contributed by atoms with E-state index in [0.29, 0.717) is 18.4 Å². The highest BCUT2D eigenvalue weighted by atomic mass is 16.1. The quantitative estimate of drug-likeness (QED) is 0.830. The lowest BCUT2D eigenvalue weighted by Crippen LogP contribution is -2.40. The van der Waals surface area contributed by atoms with Gasteiger partial charge in [-0.15, -0.1) is 0 Å². The number of nitrogens with two attached hydrogens (primary N) is 1. The molecule has 0 spiro atoms. The van der Waals surface area contributed by atoms with Crippen molar-refractivity contribution in [3.63, 3.8) is 0 Å². The fourth-order valence-corrected chi connectivity index (χ4v) is 3.19. The van der Waals surface area contributed by atoms with Crippen LogP contribution in [0.2, 0.25) is 0 Å². The van der Waals surface area contributed by atoms with E-state index in [1.807, 2.05) is 24.3 Å². The molecule has 4 unspecified atom stereocenters. The topological polar surface area (TPSA) is 55.1 Å². The first kappa shape index (κ1) is 15.9. The molecule has 1 amide bonds. The number of rotatable bonds is 4. The number of benzene rings is 1. The zero-order valence-corrected chi connectivity index (χ0v) is 13.4. The highest BCUT2D eigenvalue weighted by molar-refractivity contribution is 5.77. The zero-order chi connectivity index (χ0) is 15.4. The second kappa shape index (κ2) is 6.97. The summed E-state index contributed by atoms with van der Waals surface area (Å²) in [5.74, 6) is 1.89. The van der Waals surface area contributed by atoms with Gasteiger partial charge in [0.05, 0.1) is 0 Å². The van der Waals surface area contributed by atoms with Crippen molar-refractivity contribution in [2.45, 2.75) is 58.4 Å². The fourth-order valence-electron chi connectivity index (χ4n) is 3.19. The number of anilines is 1. The van der Waals surface area contributed by atoms with Gasteiger partial charge in [0.25, 0.3) is 0 Å². The van der Waals surface area contributed by atoms with E-state index in [2.05, 4.69) is 26.1 Å². The summed E-state index contributed by atoms with van der Waals surface area (Å²) in [6, 6.07) is 8.18. The van der Waals surface area contributed by atoms with Crippen LogP contribution in [0, 0.1) is 11.8 Å². The summed E-state index contributed by atoms with van der Waals surface area (Å²) in [6.07, 6.45) is 4.00. The minimum Gasteiger partial charge on any atom is -0.399 e. The number of amides is 1. The Morgan fingerprint density at radius 1 is 1.24 bits per heavy atom. The maximum Gasteiger partial charge on any atom is 0.220 e. The largest absolute Gasteiger partial charge is 0.399 e. The van der Waals surface area contributed by atoms with Crippen LogP contribution < -0.4 is 11.1 Å². The van der Waals surface area contributed by atoms with Crippen LogP contribution in [0.3, 0.4) is 0 Å². The molecular weight excluding hydrogens is 260 g/mol. The van der Waals surface area contributed by atoms with E-state index in [0.717, 1.165) is 24.4 Å². The Kier molecular flexibility index (Phi) is 5.27. The molecule has 0 bridgehead atoms. The van der Waals surface area contributed by atoms with Gasteiger partial charge in [0.2, 0.25) is 5.91 Å². The molecule has 1 saturated carbocycles. The summed E-state index contributed by atoms with van der Waals surface area (Å²) in [5, 5.41) is 3.22. The fraction of sp³-hybridized carbons (Fsp3) is 0.611. The molecule has 4 atom stereocenters. The lowest BCUT2D eigenvalue weighted by atomic mass is 9.79. The third-order valence-electron chi connectivity index (χ3n) is 4.96. The number of hydrogen-bond acceptors (Lipinski definition) is 2. The van der Waals surface area contributed by atoms with E-state index in [9.17, 15) is 4.79 Å². The van der Waals surface area contributed by atoms with Crippen molar-refractivity contribution in [2.24, 2.45) is 11.8 Å². The van der Waals surface area contributed by atoms with Crippen LogP contribution in [0.15, 0.2) is 24.3 Å². The van der Waals surface area contributed by atoms with Gasteiger partial charge < -0.3 is 11.1 Å². The predicted molar refractivity (Wildman–Crippen MR) is 88.0 cm³/mol. The van der Waals surface area contributed by atoms with Gasteiger partial charge in [0.15, 0.2) is 0 Å². The van der Waals surface area contributed by atoms with Crippen LogP contribution in [-0.2, 0) is 4.79 Å². The molecular formula is C18H28N2O. The molecule has 3 heteroatoms. The van der Waals surface area contributed by atoms with E-state index in [-0.39, 0.29) is 11.8 Å².